The summed E-state index contributed by atoms with van der Waals surface area (Å²) in [4.78, 5) is 0. The van der Waals surface area contributed by atoms with Crippen LogP contribution >= 0.6 is 11.3 Å². The van der Waals surface area contributed by atoms with Gasteiger partial charge in [-0.2, -0.15) is 0 Å². The number of rotatable bonds is 6. The number of thiophene rings is 1. The summed E-state index contributed by atoms with van der Waals surface area (Å²) in [7, 11) is -1.68. The molecule has 0 aliphatic heterocycles. The van der Waals surface area contributed by atoms with Crippen molar-refractivity contribution in [3.05, 3.63) is 34.5 Å². The number of hydrogen-bond donors (Lipinski definition) is 2. The van der Waals surface area contributed by atoms with E-state index in [0.29, 0.717) is 16.5 Å². The molecule has 2 heterocycles. The molecule has 2 aromatic rings. The maximum Gasteiger partial charge on any atom is 0.250 e. The van der Waals surface area contributed by atoms with Gasteiger partial charge < -0.3 is 9.84 Å². The average molecular weight is 301 g/mol. The highest BCUT2D eigenvalue weighted by Crippen LogP contribution is 2.20. The van der Waals surface area contributed by atoms with E-state index in [-0.39, 0.29) is 6.54 Å². The Hall–Kier alpha value is -1.22. The second-order valence-corrected chi connectivity index (χ2v) is 6.97. The first-order chi connectivity index (χ1) is 9.01. The molecule has 0 bridgehead atoms. The van der Waals surface area contributed by atoms with E-state index < -0.39 is 10.0 Å². The Morgan fingerprint density at radius 3 is 2.79 bits per heavy atom. The zero-order valence-corrected chi connectivity index (χ0v) is 12.3. The minimum atomic E-state index is -3.49. The van der Waals surface area contributed by atoms with Crippen LogP contribution < -0.4 is 10.0 Å². The fourth-order valence-electron chi connectivity index (χ4n) is 1.53. The molecule has 0 radical (unpaired) electrons. The third-order valence-electron chi connectivity index (χ3n) is 2.39. The van der Waals surface area contributed by atoms with Gasteiger partial charge in [0.2, 0.25) is 10.0 Å². The van der Waals surface area contributed by atoms with Crippen molar-refractivity contribution in [1.29, 1.82) is 0 Å². The number of aryl methyl sites for hydroxylation is 1. The molecule has 6 nitrogen and oxygen atoms in total. The quantitative estimate of drug-likeness (QED) is 0.838. The second-order valence-electron chi connectivity index (χ2n) is 4.06. The second kappa shape index (κ2) is 5.83. The first-order valence-corrected chi connectivity index (χ1v) is 8.01. The Labute approximate surface area is 115 Å². The van der Waals surface area contributed by atoms with Crippen molar-refractivity contribution in [1.82, 2.24) is 15.2 Å². The van der Waals surface area contributed by atoms with Gasteiger partial charge in [-0.05, 0) is 31.0 Å². The van der Waals surface area contributed by atoms with Crippen LogP contribution in [0.3, 0.4) is 0 Å². The van der Waals surface area contributed by atoms with Crippen LogP contribution in [0.2, 0.25) is 0 Å². The average Bonchev–Trinajstić information content (AvgIpc) is 2.97. The minimum Gasteiger partial charge on any atom is -0.360 e. The van der Waals surface area contributed by atoms with Gasteiger partial charge in [0.05, 0.1) is 12.2 Å². The molecule has 0 saturated carbocycles. The fraction of sp³-hybridized carbons (Fsp3) is 0.364. The summed E-state index contributed by atoms with van der Waals surface area (Å²) < 4.78 is 31.8. The van der Waals surface area contributed by atoms with Crippen LogP contribution in [0.1, 0.15) is 17.0 Å². The van der Waals surface area contributed by atoms with Crippen LogP contribution in [0, 0.1) is 6.92 Å². The van der Waals surface area contributed by atoms with Crippen molar-refractivity contribution in [3.8, 4) is 0 Å². The van der Waals surface area contributed by atoms with Crippen molar-refractivity contribution >= 4 is 21.4 Å². The van der Waals surface area contributed by atoms with Gasteiger partial charge >= 0.3 is 0 Å². The zero-order valence-electron chi connectivity index (χ0n) is 10.6. The highest BCUT2D eigenvalue weighted by molar-refractivity contribution is 7.91. The number of aromatic nitrogens is 1. The largest absolute Gasteiger partial charge is 0.360 e. The van der Waals surface area contributed by atoms with Crippen molar-refractivity contribution in [2.45, 2.75) is 24.2 Å². The summed E-state index contributed by atoms with van der Waals surface area (Å²) in [6.45, 7) is 2.53. The van der Waals surface area contributed by atoms with Crippen LogP contribution in [0.25, 0.3) is 0 Å². The molecule has 19 heavy (non-hydrogen) atoms. The SMILES string of the molecule is CNCc1csc(S(=O)(=O)NCc2cc(C)no2)c1. The van der Waals surface area contributed by atoms with Crippen LogP contribution in [0.5, 0.6) is 0 Å². The number of nitrogens with zero attached hydrogens (tertiary/aromatic N) is 1. The van der Waals surface area contributed by atoms with Crippen molar-refractivity contribution in [2.75, 3.05) is 7.05 Å². The molecule has 0 aromatic carbocycles. The molecule has 0 aliphatic carbocycles. The van der Waals surface area contributed by atoms with E-state index in [2.05, 4.69) is 15.2 Å². The highest BCUT2D eigenvalue weighted by atomic mass is 32.2. The Balaban J connectivity index is 2.04. The topological polar surface area (TPSA) is 84.2 Å². The smallest absolute Gasteiger partial charge is 0.250 e. The standard InChI is InChI=1S/C11H15N3O3S2/c1-8-3-10(17-14-8)6-13-19(15,16)11-4-9(5-12-2)7-18-11/h3-4,7,12-13H,5-6H2,1-2H3. The summed E-state index contributed by atoms with van der Waals surface area (Å²) in [6, 6.07) is 3.36. The monoisotopic (exact) mass is 301 g/mol. The van der Waals surface area contributed by atoms with Gasteiger partial charge in [0, 0.05) is 12.6 Å². The molecule has 8 heteroatoms. The lowest BCUT2D eigenvalue weighted by Crippen LogP contribution is -2.22. The Bertz CT molecular complexity index is 646. The molecule has 2 rings (SSSR count). The van der Waals surface area contributed by atoms with E-state index >= 15 is 0 Å². The number of nitrogens with one attached hydrogen (secondary N) is 2. The summed E-state index contributed by atoms with van der Waals surface area (Å²) in [6.07, 6.45) is 0. The lowest BCUT2D eigenvalue weighted by Gasteiger charge is -2.01. The molecule has 0 fully saturated rings. The predicted octanol–water partition coefficient (Wildman–Crippen LogP) is 1.24. The third-order valence-corrected chi connectivity index (χ3v) is 5.28. The van der Waals surface area contributed by atoms with Gasteiger partial charge in [-0.1, -0.05) is 5.16 Å². The molecule has 0 saturated heterocycles. The maximum atomic E-state index is 12.0. The van der Waals surface area contributed by atoms with Gasteiger partial charge in [0.25, 0.3) is 0 Å². The molecule has 0 amide bonds. The predicted molar refractivity (Wildman–Crippen MR) is 72.3 cm³/mol. The lowest BCUT2D eigenvalue weighted by molar-refractivity contribution is 0.377. The molecular weight excluding hydrogens is 286 g/mol. The van der Waals surface area contributed by atoms with Crippen LogP contribution in [0.4, 0.5) is 0 Å². The summed E-state index contributed by atoms with van der Waals surface area (Å²) in [5, 5.41) is 8.50. The van der Waals surface area contributed by atoms with E-state index in [1.807, 2.05) is 12.4 Å². The minimum absolute atomic E-state index is 0.0996. The number of hydrogen-bond acceptors (Lipinski definition) is 6. The zero-order chi connectivity index (χ0) is 13.9. The first kappa shape index (κ1) is 14.2. The van der Waals surface area contributed by atoms with E-state index in [0.717, 1.165) is 11.3 Å². The summed E-state index contributed by atoms with van der Waals surface area (Å²) in [5.74, 6) is 0.494. The maximum absolute atomic E-state index is 12.0. The van der Waals surface area contributed by atoms with Crippen LogP contribution in [-0.4, -0.2) is 20.6 Å². The first-order valence-electron chi connectivity index (χ1n) is 5.65. The number of sulfonamides is 1. The molecule has 0 aliphatic rings. The molecule has 0 unspecified atom stereocenters. The normalized spacial score (nSPS) is 11.9. The van der Waals surface area contributed by atoms with Crippen molar-refractivity contribution < 1.29 is 12.9 Å². The van der Waals surface area contributed by atoms with Gasteiger partial charge in [0.1, 0.15) is 4.21 Å². The van der Waals surface area contributed by atoms with E-state index in [1.165, 1.54) is 11.3 Å². The molecular formula is C11H15N3O3S2. The van der Waals surface area contributed by atoms with Crippen LogP contribution in [-0.2, 0) is 23.1 Å². The lowest BCUT2D eigenvalue weighted by atomic mass is 10.3. The Kier molecular flexibility index (Phi) is 4.35. The third kappa shape index (κ3) is 3.63. The molecule has 0 atom stereocenters. The van der Waals surface area contributed by atoms with E-state index in [1.54, 1.807) is 19.1 Å². The van der Waals surface area contributed by atoms with Crippen molar-refractivity contribution in [2.24, 2.45) is 0 Å². The molecule has 0 spiro atoms. The highest BCUT2D eigenvalue weighted by Gasteiger charge is 2.17. The van der Waals surface area contributed by atoms with Gasteiger partial charge in [-0.15, -0.1) is 11.3 Å². The molecule has 2 N–H and O–H groups in total. The van der Waals surface area contributed by atoms with Crippen molar-refractivity contribution in [3.63, 3.8) is 0 Å². The fourth-order valence-corrected chi connectivity index (χ4v) is 3.78. The summed E-state index contributed by atoms with van der Waals surface area (Å²) >= 11 is 1.20. The van der Waals surface area contributed by atoms with Gasteiger partial charge in [-0.3, -0.25) is 0 Å². The van der Waals surface area contributed by atoms with E-state index in [9.17, 15) is 8.42 Å². The molecule has 2 aromatic heterocycles. The Morgan fingerprint density at radius 1 is 1.37 bits per heavy atom. The van der Waals surface area contributed by atoms with E-state index in [4.69, 9.17) is 4.52 Å². The Morgan fingerprint density at radius 2 is 2.16 bits per heavy atom. The molecule has 104 valence electrons. The van der Waals surface area contributed by atoms with Crippen LogP contribution in [0.15, 0.2) is 26.2 Å². The van der Waals surface area contributed by atoms with Gasteiger partial charge in [0.15, 0.2) is 5.76 Å². The summed E-state index contributed by atoms with van der Waals surface area (Å²) in [5.41, 5.74) is 1.67. The van der Waals surface area contributed by atoms with Gasteiger partial charge in [-0.25, -0.2) is 13.1 Å².